The Balaban J connectivity index is 3.24. The van der Waals surface area contributed by atoms with Crippen molar-refractivity contribution in [3.05, 3.63) is 0 Å². The quantitative estimate of drug-likeness (QED) is 0.749. The zero-order chi connectivity index (χ0) is 17.1. The number of likely N-dealkylation sites (tertiary alicyclic amines) is 1. The molecule has 0 N–H and O–H groups in total. The van der Waals surface area contributed by atoms with E-state index < -0.39 is 35.2 Å². The van der Waals surface area contributed by atoms with Gasteiger partial charge in [-0.2, -0.15) is 5.26 Å². The summed E-state index contributed by atoms with van der Waals surface area (Å²) in [6.45, 7) is 9.20. The first kappa shape index (κ1) is 18.3. The van der Waals surface area contributed by atoms with E-state index >= 15 is 0 Å². The third kappa shape index (κ3) is 3.34. The topological polar surface area (TPSA) is 79.6 Å². The molecular weight excluding hydrogens is 284 g/mol. The summed E-state index contributed by atoms with van der Waals surface area (Å²) >= 11 is 0. The van der Waals surface area contributed by atoms with Crippen LogP contribution in [-0.2, 0) is 14.3 Å². The molecule has 1 rings (SSSR count). The van der Waals surface area contributed by atoms with Gasteiger partial charge in [0.15, 0.2) is 0 Å². The third-order valence-electron chi connectivity index (χ3n) is 4.40. The molecule has 1 fully saturated rings. The molecule has 6 nitrogen and oxygen atoms in total. The van der Waals surface area contributed by atoms with Crippen molar-refractivity contribution in [2.75, 3.05) is 7.11 Å². The molecule has 1 aliphatic rings. The zero-order valence-electron chi connectivity index (χ0n) is 14.3. The number of rotatable bonds is 3. The van der Waals surface area contributed by atoms with Gasteiger partial charge in [-0.25, -0.2) is 9.59 Å². The van der Waals surface area contributed by atoms with E-state index in [2.05, 4.69) is 6.07 Å². The lowest BCUT2D eigenvalue weighted by molar-refractivity contribution is -0.146. The van der Waals surface area contributed by atoms with E-state index in [0.29, 0.717) is 19.3 Å². The number of carbonyl (C=O) groups excluding carboxylic acids is 2. The van der Waals surface area contributed by atoms with E-state index in [1.807, 2.05) is 13.8 Å². The number of esters is 1. The molecule has 6 heteroatoms. The predicted molar refractivity (Wildman–Crippen MR) is 80.9 cm³/mol. The second-order valence-corrected chi connectivity index (χ2v) is 6.73. The Labute approximate surface area is 132 Å². The maximum Gasteiger partial charge on any atom is 0.412 e. The van der Waals surface area contributed by atoms with Gasteiger partial charge in [0.2, 0.25) is 0 Å². The van der Waals surface area contributed by atoms with Crippen LogP contribution < -0.4 is 0 Å². The normalized spacial score (nSPS) is 23.8. The van der Waals surface area contributed by atoms with Gasteiger partial charge in [0.25, 0.3) is 0 Å². The number of methoxy groups -OCH3 is 1. The predicted octanol–water partition coefficient (Wildman–Crippen LogP) is 2.87. The number of nitrogens with zero attached hydrogens (tertiary/aromatic N) is 2. The maximum atomic E-state index is 12.5. The molecule has 0 bridgehead atoms. The van der Waals surface area contributed by atoms with Gasteiger partial charge in [-0.3, -0.25) is 4.90 Å². The van der Waals surface area contributed by atoms with Crippen molar-refractivity contribution in [2.45, 2.75) is 71.6 Å². The highest BCUT2D eigenvalue weighted by molar-refractivity contribution is 5.83. The molecule has 0 aromatic rings. The highest BCUT2D eigenvalue weighted by Gasteiger charge is 2.56. The molecule has 22 heavy (non-hydrogen) atoms. The summed E-state index contributed by atoms with van der Waals surface area (Å²) in [5.74, 6) is -0.505. The number of ether oxygens (including phenoxy) is 2. The lowest BCUT2D eigenvalue weighted by Gasteiger charge is -2.33. The van der Waals surface area contributed by atoms with Gasteiger partial charge in [0, 0.05) is 5.41 Å². The van der Waals surface area contributed by atoms with Crippen molar-refractivity contribution in [2.24, 2.45) is 5.41 Å². The molecule has 1 unspecified atom stereocenters. The Morgan fingerprint density at radius 3 is 2.23 bits per heavy atom. The van der Waals surface area contributed by atoms with Crippen molar-refractivity contribution in [3.8, 4) is 6.07 Å². The van der Waals surface area contributed by atoms with E-state index in [1.54, 1.807) is 20.8 Å². The Morgan fingerprint density at radius 1 is 1.32 bits per heavy atom. The fraction of sp³-hybridized carbons (Fsp3) is 0.812. The van der Waals surface area contributed by atoms with Crippen molar-refractivity contribution < 1.29 is 19.1 Å². The Morgan fingerprint density at radius 2 is 1.86 bits per heavy atom. The van der Waals surface area contributed by atoms with Crippen LogP contribution in [0.3, 0.4) is 0 Å². The lowest BCUT2D eigenvalue weighted by atomic mass is 9.75. The monoisotopic (exact) mass is 310 g/mol. The van der Waals surface area contributed by atoms with Gasteiger partial charge in [-0.1, -0.05) is 13.8 Å². The van der Waals surface area contributed by atoms with Gasteiger partial charge in [-0.15, -0.1) is 0 Å². The number of hydrogen-bond acceptors (Lipinski definition) is 5. The van der Waals surface area contributed by atoms with Crippen molar-refractivity contribution >= 4 is 12.1 Å². The van der Waals surface area contributed by atoms with Crippen LogP contribution >= 0.6 is 0 Å². The minimum atomic E-state index is -0.774. The van der Waals surface area contributed by atoms with Gasteiger partial charge < -0.3 is 9.47 Å². The summed E-state index contributed by atoms with van der Waals surface area (Å²) in [6.07, 6.45) is 1.19. The number of amides is 1. The van der Waals surface area contributed by atoms with E-state index in [-0.39, 0.29) is 0 Å². The van der Waals surface area contributed by atoms with Crippen molar-refractivity contribution in [1.82, 2.24) is 4.90 Å². The number of nitriles is 1. The second kappa shape index (κ2) is 6.55. The summed E-state index contributed by atoms with van der Waals surface area (Å²) in [5, 5.41) is 9.60. The molecule has 0 spiro atoms. The van der Waals surface area contributed by atoms with E-state index in [9.17, 15) is 14.9 Å². The SMILES string of the molecule is CCC1(CC)C[C@@H](C(=O)OC)N(C(=O)OC(C)(C)C)C1C#N. The molecule has 1 aliphatic heterocycles. The van der Waals surface area contributed by atoms with Crippen LogP contribution in [0.1, 0.15) is 53.9 Å². The van der Waals surface area contributed by atoms with Crippen molar-refractivity contribution in [1.29, 1.82) is 5.26 Å². The minimum absolute atomic E-state index is 0.412. The summed E-state index contributed by atoms with van der Waals surface area (Å²) in [7, 11) is 1.29. The van der Waals surface area contributed by atoms with E-state index in [0.717, 1.165) is 0 Å². The third-order valence-corrected chi connectivity index (χ3v) is 4.40. The Bertz CT molecular complexity index is 472. The summed E-state index contributed by atoms with van der Waals surface area (Å²) in [5.41, 5.74) is -1.11. The van der Waals surface area contributed by atoms with Gasteiger partial charge >= 0.3 is 12.1 Å². The first-order valence-corrected chi connectivity index (χ1v) is 7.64. The number of carbonyl (C=O) groups is 2. The molecule has 0 radical (unpaired) electrons. The van der Waals surface area contributed by atoms with Crippen LogP contribution in [-0.4, -0.2) is 41.8 Å². The van der Waals surface area contributed by atoms with Gasteiger partial charge in [0.1, 0.15) is 17.7 Å². The largest absolute Gasteiger partial charge is 0.467 e. The van der Waals surface area contributed by atoms with Crippen LogP contribution in [0.15, 0.2) is 0 Å². The van der Waals surface area contributed by atoms with Crippen LogP contribution in [0.25, 0.3) is 0 Å². The smallest absolute Gasteiger partial charge is 0.412 e. The van der Waals surface area contributed by atoms with Crippen LogP contribution in [0.2, 0.25) is 0 Å². The second-order valence-electron chi connectivity index (χ2n) is 6.73. The summed E-state index contributed by atoms with van der Waals surface area (Å²) < 4.78 is 10.2. The molecule has 1 saturated heterocycles. The first-order valence-electron chi connectivity index (χ1n) is 7.64. The fourth-order valence-electron chi connectivity index (χ4n) is 3.07. The van der Waals surface area contributed by atoms with Gasteiger partial charge in [0.05, 0.1) is 13.2 Å². The molecule has 2 atom stereocenters. The molecule has 0 saturated carbocycles. The summed E-state index contributed by atoms with van der Waals surface area (Å²) in [4.78, 5) is 25.9. The Hall–Kier alpha value is -1.77. The molecule has 0 aromatic carbocycles. The fourth-order valence-corrected chi connectivity index (χ4v) is 3.07. The lowest BCUT2D eigenvalue weighted by Crippen LogP contribution is -2.48. The molecule has 1 heterocycles. The van der Waals surface area contributed by atoms with E-state index in [4.69, 9.17) is 9.47 Å². The van der Waals surface area contributed by atoms with Crippen LogP contribution in [0.5, 0.6) is 0 Å². The molecule has 1 amide bonds. The van der Waals surface area contributed by atoms with Crippen LogP contribution in [0.4, 0.5) is 4.79 Å². The summed E-state index contributed by atoms with van der Waals surface area (Å²) in [6, 6.07) is 0.733. The van der Waals surface area contributed by atoms with Crippen LogP contribution in [0, 0.1) is 16.7 Å². The first-order chi connectivity index (χ1) is 10.2. The van der Waals surface area contributed by atoms with E-state index in [1.165, 1.54) is 12.0 Å². The Kier molecular flexibility index (Phi) is 5.44. The molecule has 0 aromatic heterocycles. The minimum Gasteiger partial charge on any atom is -0.467 e. The highest BCUT2D eigenvalue weighted by atomic mass is 16.6. The number of hydrogen-bond donors (Lipinski definition) is 0. The van der Waals surface area contributed by atoms with Crippen molar-refractivity contribution in [3.63, 3.8) is 0 Å². The highest BCUT2D eigenvalue weighted by Crippen LogP contribution is 2.46. The maximum absolute atomic E-state index is 12.5. The molecule has 0 aliphatic carbocycles. The average molecular weight is 310 g/mol. The molecule has 124 valence electrons. The standard InChI is InChI=1S/C16H26N2O4/c1-7-16(8-2)9-11(13(19)21-6)18(12(16)10-17)14(20)22-15(3,4)5/h11-12H,7-9H2,1-6H3/t11-,12?/m0/s1. The van der Waals surface area contributed by atoms with Gasteiger partial charge in [-0.05, 0) is 40.0 Å². The molecular formula is C16H26N2O4. The zero-order valence-corrected chi connectivity index (χ0v) is 14.3. The average Bonchev–Trinajstić information content (AvgIpc) is 2.79.